The standard InChI is InChI=1S/C10H12BrClN2O/c1-6(5-13)14-10(15)8-3-2-7(12)4-9(8)11/h2-4,6H,5,13H2,1H3,(H,14,15)/t6-/m0/s1. The maximum absolute atomic E-state index is 11.7. The van der Waals surface area contributed by atoms with E-state index in [4.69, 9.17) is 17.3 Å². The van der Waals surface area contributed by atoms with Crippen molar-refractivity contribution in [3.05, 3.63) is 33.3 Å². The molecular weight excluding hydrogens is 279 g/mol. The van der Waals surface area contributed by atoms with Crippen molar-refractivity contribution in [1.82, 2.24) is 5.32 Å². The van der Waals surface area contributed by atoms with Gasteiger partial charge in [-0.3, -0.25) is 4.79 Å². The van der Waals surface area contributed by atoms with E-state index in [1.807, 2.05) is 6.92 Å². The quantitative estimate of drug-likeness (QED) is 0.897. The first-order valence-corrected chi connectivity index (χ1v) is 5.67. The molecule has 0 aliphatic rings. The molecule has 0 saturated heterocycles. The number of hydrogen-bond acceptors (Lipinski definition) is 2. The van der Waals surface area contributed by atoms with Gasteiger partial charge in [-0.05, 0) is 41.1 Å². The second-order valence-corrected chi connectivity index (χ2v) is 4.53. The highest BCUT2D eigenvalue weighted by molar-refractivity contribution is 9.10. The fourth-order valence-corrected chi connectivity index (χ4v) is 1.90. The summed E-state index contributed by atoms with van der Waals surface area (Å²) >= 11 is 9.06. The Morgan fingerprint density at radius 2 is 2.33 bits per heavy atom. The van der Waals surface area contributed by atoms with Crippen molar-refractivity contribution < 1.29 is 4.79 Å². The molecule has 0 aliphatic heterocycles. The number of carbonyl (C=O) groups is 1. The summed E-state index contributed by atoms with van der Waals surface area (Å²) in [5.74, 6) is -0.156. The molecule has 0 radical (unpaired) electrons. The summed E-state index contributed by atoms with van der Waals surface area (Å²) in [6, 6.07) is 4.99. The van der Waals surface area contributed by atoms with Crippen molar-refractivity contribution in [3.63, 3.8) is 0 Å². The Balaban J connectivity index is 2.82. The fourth-order valence-electron chi connectivity index (χ4n) is 1.03. The minimum atomic E-state index is -0.156. The molecule has 82 valence electrons. The van der Waals surface area contributed by atoms with E-state index in [-0.39, 0.29) is 11.9 Å². The molecule has 0 bridgehead atoms. The summed E-state index contributed by atoms with van der Waals surface area (Å²) in [5.41, 5.74) is 5.97. The molecule has 3 N–H and O–H groups in total. The predicted octanol–water partition coefficient (Wildman–Crippen LogP) is 2.18. The highest BCUT2D eigenvalue weighted by atomic mass is 79.9. The number of amides is 1. The topological polar surface area (TPSA) is 55.1 Å². The second kappa shape index (κ2) is 5.49. The largest absolute Gasteiger partial charge is 0.348 e. The van der Waals surface area contributed by atoms with Gasteiger partial charge in [-0.25, -0.2) is 0 Å². The van der Waals surface area contributed by atoms with Crippen LogP contribution in [0.25, 0.3) is 0 Å². The van der Waals surface area contributed by atoms with E-state index in [0.717, 1.165) is 0 Å². The number of carbonyl (C=O) groups excluding carboxylic acids is 1. The summed E-state index contributed by atoms with van der Waals surface area (Å²) in [4.78, 5) is 11.7. The van der Waals surface area contributed by atoms with E-state index in [2.05, 4.69) is 21.2 Å². The van der Waals surface area contributed by atoms with Crippen LogP contribution in [0.4, 0.5) is 0 Å². The molecule has 0 spiro atoms. The first-order chi connectivity index (χ1) is 7.04. The molecule has 0 aliphatic carbocycles. The molecular formula is C10H12BrClN2O. The van der Waals surface area contributed by atoms with E-state index in [9.17, 15) is 4.79 Å². The van der Waals surface area contributed by atoms with Crippen LogP contribution in [-0.4, -0.2) is 18.5 Å². The molecule has 1 rings (SSSR count). The number of hydrogen-bond donors (Lipinski definition) is 2. The number of benzene rings is 1. The van der Waals surface area contributed by atoms with E-state index in [0.29, 0.717) is 21.6 Å². The molecule has 1 amide bonds. The third-order valence-corrected chi connectivity index (χ3v) is 2.80. The van der Waals surface area contributed by atoms with Crippen molar-refractivity contribution in [2.75, 3.05) is 6.54 Å². The molecule has 1 atom stereocenters. The minimum absolute atomic E-state index is 0.0416. The van der Waals surface area contributed by atoms with Crippen LogP contribution < -0.4 is 11.1 Å². The molecule has 0 saturated carbocycles. The summed E-state index contributed by atoms with van der Waals surface area (Å²) in [6.07, 6.45) is 0. The Morgan fingerprint density at radius 3 is 2.87 bits per heavy atom. The number of rotatable bonds is 3. The molecule has 1 aromatic carbocycles. The molecule has 15 heavy (non-hydrogen) atoms. The van der Waals surface area contributed by atoms with Gasteiger partial charge in [0.05, 0.1) is 5.56 Å². The maximum Gasteiger partial charge on any atom is 0.252 e. The first kappa shape index (κ1) is 12.5. The zero-order chi connectivity index (χ0) is 11.4. The number of nitrogens with two attached hydrogens (primary N) is 1. The van der Waals surface area contributed by atoms with Gasteiger partial charge in [-0.1, -0.05) is 11.6 Å². The Bertz CT molecular complexity index is 370. The normalized spacial score (nSPS) is 12.3. The van der Waals surface area contributed by atoms with Crippen LogP contribution in [-0.2, 0) is 0 Å². The van der Waals surface area contributed by atoms with Crippen molar-refractivity contribution in [2.45, 2.75) is 13.0 Å². The Labute approximate surface area is 102 Å². The van der Waals surface area contributed by atoms with Gasteiger partial charge >= 0.3 is 0 Å². The van der Waals surface area contributed by atoms with Crippen LogP contribution in [0, 0.1) is 0 Å². The second-order valence-electron chi connectivity index (χ2n) is 3.23. The lowest BCUT2D eigenvalue weighted by Crippen LogP contribution is -2.37. The van der Waals surface area contributed by atoms with E-state index in [1.54, 1.807) is 18.2 Å². The Morgan fingerprint density at radius 1 is 1.67 bits per heavy atom. The molecule has 5 heteroatoms. The van der Waals surface area contributed by atoms with Crippen LogP contribution in [0.1, 0.15) is 17.3 Å². The predicted molar refractivity (Wildman–Crippen MR) is 65.1 cm³/mol. The van der Waals surface area contributed by atoms with Gasteiger partial charge in [0.2, 0.25) is 0 Å². The zero-order valence-electron chi connectivity index (χ0n) is 8.26. The third-order valence-electron chi connectivity index (χ3n) is 1.91. The summed E-state index contributed by atoms with van der Waals surface area (Å²) < 4.78 is 0.678. The van der Waals surface area contributed by atoms with Gasteiger partial charge < -0.3 is 11.1 Å². The molecule has 3 nitrogen and oxygen atoms in total. The van der Waals surface area contributed by atoms with Gasteiger partial charge in [-0.15, -0.1) is 0 Å². The van der Waals surface area contributed by atoms with E-state index < -0.39 is 0 Å². The molecule has 0 heterocycles. The van der Waals surface area contributed by atoms with Crippen molar-refractivity contribution in [1.29, 1.82) is 0 Å². The lowest BCUT2D eigenvalue weighted by Gasteiger charge is -2.12. The monoisotopic (exact) mass is 290 g/mol. The van der Waals surface area contributed by atoms with Gasteiger partial charge in [0, 0.05) is 22.1 Å². The number of halogens is 2. The fraction of sp³-hybridized carbons (Fsp3) is 0.300. The van der Waals surface area contributed by atoms with Crippen molar-refractivity contribution >= 4 is 33.4 Å². The smallest absolute Gasteiger partial charge is 0.252 e. The third kappa shape index (κ3) is 3.48. The first-order valence-electron chi connectivity index (χ1n) is 4.50. The van der Waals surface area contributed by atoms with Crippen LogP contribution in [0.3, 0.4) is 0 Å². The molecule has 0 fully saturated rings. The van der Waals surface area contributed by atoms with Crippen LogP contribution in [0.2, 0.25) is 5.02 Å². The van der Waals surface area contributed by atoms with Crippen molar-refractivity contribution in [2.24, 2.45) is 5.73 Å². The van der Waals surface area contributed by atoms with Crippen LogP contribution >= 0.6 is 27.5 Å². The lowest BCUT2D eigenvalue weighted by molar-refractivity contribution is 0.0940. The Hall–Kier alpha value is -0.580. The Kier molecular flexibility index (Phi) is 4.57. The van der Waals surface area contributed by atoms with Crippen LogP contribution in [0.5, 0.6) is 0 Å². The molecule has 0 unspecified atom stereocenters. The number of nitrogens with one attached hydrogen (secondary N) is 1. The summed E-state index contributed by atoms with van der Waals surface area (Å²) in [7, 11) is 0. The molecule has 0 aromatic heterocycles. The van der Waals surface area contributed by atoms with E-state index in [1.165, 1.54) is 0 Å². The van der Waals surface area contributed by atoms with Gasteiger partial charge in [0.25, 0.3) is 5.91 Å². The average Bonchev–Trinajstić information content (AvgIpc) is 2.17. The zero-order valence-corrected chi connectivity index (χ0v) is 10.6. The summed E-state index contributed by atoms with van der Waals surface area (Å²) in [6.45, 7) is 2.26. The lowest BCUT2D eigenvalue weighted by atomic mass is 10.2. The molecule has 1 aromatic rings. The SMILES string of the molecule is C[C@@H](CN)NC(=O)c1ccc(Cl)cc1Br. The van der Waals surface area contributed by atoms with Gasteiger partial charge in [-0.2, -0.15) is 0 Å². The highest BCUT2D eigenvalue weighted by Crippen LogP contribution is 2.21. The van der Waals surface area contributed by atoms with E-state index >= 15 is 0 Å². The average molecular weight is 292 g/mol. The van der Waals surface area contributed by atoms with Gasteiger partial charge in [0.1, 0.15) is 0 Å². The minimum Gasteiger partial charge on any atom is -0.348 e. The van der Waals surface area contributed by atoms with Gasteiger partial charge in [0.15, 0.2) is 0 Å². The van der Waals surface area contributed by atoms with Crippen LogP contribution in [0.15, 0.2) is 22.7 Å². The highest BCUT2D eigenvalue weighted by Gasteiger charge is 2.11. The maximum atomic E-state index is 11.7. The van der Waals surface area contributed by atoms with Crippen molar-refractivity contribution in [3.8, 4) is 0 Å². The summed E-state index contributed by atoms with van der Waals surface area (Å²) in [5, 5.41) is 3.36.